The maximum Gasteiger partial charge on any atom is 0.0582 e. The van der Waals surface area contributed by atoms with Crippen LogP contribution in [0.1, 0.15) is 37.8 Å². The molecule has 0 aliphatic rings. The standard InChI is InChI=1S/C13H21NO/c1-10(2)13-6-4-12(5-7-13)8-14-11(3)9-15/h4-7,10-11,14-15H,8-9H2,1-3H3. The van der Waals surface area contributed by atoms with Gasteiger partial charge in [-0.25, -0.2) is 0 Å². The molecule has 1 aromatic rings. The van der Waals surface area contributed by atoms with E-state index in [9.17, 15) is 0 Å². The highest BCUT2D eigenvalue weighted by molar-refractivity contribution is 5.24. The summed E-state index contributed by atoms with van der Waals surface area (Å²) >= 11 is 0. The summed E-state index contributed by atoms with van der Waals surface area (Å²) in [6, 6.07) is 8.80. The fraction of sp³-hybridized carbons (Fsp3) is 0.538. The van der Waals surface area contributed by atoms with Crippen LogP contribution in [0.4, 0.5) is 0 Å². The average Bonchev–Trinajstić information content (AvgIpc) is 2.26. The molecule has 0 radical (unpaired) electrons. The number of hydrogen-bond acceptors (Lipinski definition) is 2. The number of nitrogens with one attached hydrogen (secondary N) is 1. The van der Waals surface area contributed by atoms with Gasteiger partial charge in [0, 0.05) is 12.6 Å². The van der Waals surface area contributed by atoms with Gasteiger partial charge in [0.05, 0.1) is 6.61 Å². The van der Waals surface area contributed by atoms with Crippen LogP contribution in [0.25, 0.3) is 0 Å². The van der Waals surface area contributed by atoms with E-state index in [1.807, 2.05) is 6.92 Å². The molecule has 1 atom stereocenters. The van der Waals surface area contributed by atoms with Gasteiger partial charge in [0.25, 0.3) is 0 Å². The molecule has 0 heterocycles. The van der Waals surface area contributed by atoms with E-state index in [0.29, 0.717) is 5.92 Å². The first-order chi connectivity index (χ1) is 7.13. The number of rotatable bonds is 5. The number of benzene rings is 1. The normalized spacial score (nSPS) is 13.1. The van der Waals surface area contributed by atoms with Crippen LogP contribution < -0.4 is 5.32 Å². The lowest BCUT2D eigenvalue weighted by Gasteiger charge is -2.11. The van der Waals surface area contributed by atoms with Gasteiger partial charge in [-0.1, -0.05) is 38.1 Å². The summed E-state index contributed by atoms with van der Waals surface area (Å²) in [6.07, 6.45) is 0. The Morgan fingerprint density at radius 1 is 1.13 bits per heavy atom. The van der Waals surface area contributed by atoms with Crippen molar-refractivity contribution in [2.45, 2.75) is 39.3 Å². The molecule has 0 saturated heterocycles. The van der Waals surface area contributed by atoms with Crippen molar-refractivity contribution in [2.75, 3.05) is 6.61 Å². The molecule has 0 amide bonds. The fourth-order valence-corrected chi connectivity index (χ4v) is 1.38. The molecule has 2 nitrogen and oxygen atoms in total. The molecule has 15 heavy (non-hydrogen) atoms. The predicted molar refractivity (Wildman–Crippen MR) is 63.9 cm³/mol. The second-order valence-corrected chi connectivity index (χ2v) is 4.36. The maximum absolute atomic E-state index is 8.87. The van der Waals surface area contributed by atoms with E-state index in [2.05, 4.69) is 43.4 Å². The van der Waals surface area contributed by atoms with Crippen LogP contribution in [-0.2, 0) is 6.54 Å². The van der Waals surface area contributed by atoms with Crippen molar-refractivity contribution in [3.05, 3.63) is 35.4 Å². The highest BCUT2D eigenvalue weighted by atomic mass is 16.3. The minimum absolute atomic E-state index is 0.162. The summed E-state index contributed by atoms with van der Waals surface area (Å²) < 4.78 is 0. The topological polar surface area (TPSA) is 32.3 Å². The average molecular weight is 207 g/mol. The minimum Gasteiger partial charge on any atom is -0.395 e. The molecule has 0 saturated carbocycles. The molecular formula is C13H21NO. The van der Waals surface area contributed by atoms with E-state index in [4.69, 9.17) is 5.11 Å². The van der Waals surface area contributed by atoms with E-state index in [-0.39, 0.29) is 12.6 Å². The van der Waals surface area contributed by atoms with Crippen molar-refractivity contribution in [3.8, 4) is 0 Å². The summed E-state index contributed by atoms with van der Waals surface area (Å²) in [5, 5.41) is 12.1. The van der Waals surface area contributed by atoms with E-state index < -0.39 is 0 Å². The molecule has 2 heteroatoms. The number of hydrogen-bond donors (Lipinski definition) is 2. The largest absolute Gasteiger partial charge is 0.395 e. The molecule has 0 aliphatic heterocycles. The lowest BCUT2D eigenvalue weighted by molar-refractivity contribution is 0.251. The van der Waals surface area contributed by atoms with Crippen LogP contribution in [0.5, 0.6) is 0 Å². The third kappa shape index (κ3) is 4.02. The Morgan fingerprint density at radius 3 is 2.20 bits per heavy atom. The third-order valence-corrected chi connectivity index (χ3v) is 2.57. The van der Waals surface area contributed by atoms with E-state index in [1.54, 1.807) is 0 Å². The highest BCUT2D eigenvalue weighted by Crippen LogP contribution is 2.14. The van der Waals surface area contributed by atoms with Gasteiger partial charge in [-0.3, -0.25) is 0 Å². The van der Waals surface area contributed by atoms with Gasteiger partial charge in [0.2, 0.25) is 0 Å². The van der Waals surface area contributed by atoms with Gasteiger partial charge in [0.15, 0.2) is 0 Å². The second-order valence-electron chi connectivity index (χ2n) is 4.36. The summed E-state index contributed by atoms with van der Waals surface area (Å²) in [5.41, 5.74) is 2.63. The van der Waals surface area contributed by atoms with E-state index in [1.165, 1.54) is 11.1 Å². The van der Waals surface area contributed by atoms with Gasteiger partial charge in [-0.15, -0.1) is 0 Å². The Hall–Kier alpha value is -0.860. The molecular weight excluding hydrogens is 186 g/mol. The smallest absolute Gasteiger partial charge is 0.0582 e. The van der Waals surface area contributed by atoms with Gasteiger partial charge < -0.3 is 10.4 Å². The first-order valence-corrected chi connectivity index (χ1v) is 5.56. The zero-order valence-electron chi connectivity index (χ0n) is 9.83. The van der Waals surface area contributed by atoms with Crippen LogP contribution >= 0.6 is 0 Å². The van der Waals surface area contributed by atoms with Gasteiger partial charge in [-0.2, -0.15) is 0 Å². The molecule has 2 N–H and O–H groups in total. The monoisotopic (exact) mass is 207 g/mol. The van der Waals surface area contributed by atoms with Crippen molar-refractivity contribution < 1.29 is 5.11 Å². The Balaban J connectivity index is 2.50. The molecule has 0 aliphatic carbocycles. The molecule has 0 spiro atoms. The summed E-state index contributed by atoms with van der Waals surface area (Å²) in [5.74, 6) is 0.586. The number of aliphatic hydroxyl groups excluding tert-OH is 1. The summed E-state index contributed by atoms with van der Waals surface area (Å²) in [7, 11) is 0. The van der Waals surface area contributed by atoms with Gasteiger partial charge in [-0.05, 0) is 24.0 Å². The molecule has 1 aromatic carbocycles. The van der Waals surface area contributed by atoms with E-state index in [0.717, 1.165) is 6.54 Å². The van der Waals surface area contributed by atoms with Crippen LogP contribution in [0.15, 0.2) is 24.3 Å². The molecule has 1 rings (SSSR count). The third-order valence-electron chi connectivity index (χ3n) is 2.57. The quantitative estimate of drug-likeness (QED) is 0.776. The molecule has 0 aromatic heterocycles. The van der Waals surface area contributed by atoms with Crippen LogP contribution in [0.3, 0.4) is 0 Å². The minimum atomic E-state index is 0.162. The van der Waals surface area contributed by atoms with Crippen LogP contribution in [0.2, 0.25) is 0 Å². The fourth-order valence-electron chi connectivity index (χ4n) is 1.38. The van der Waals surface area contributed by atoms with Crippen LogP contribution in [-0.4, -0.2) is 17.8 Å². The summed E-state index contributed by atoms with van der Waals surface area (Å²) in [6.45, 7) is 7.37. The van der Waals surface area contributed by atoms with Crippen molar-refractivity contribution in [3.63, 3.8) is 0 Å². The van der Waals surface area contributed by atoms with Crippen molar-refractivity contribution in [2.24, 2.45) is 0 Å². The van der Waals surface area contributed by atoms with Gasteiger partial charge in [0.1, 0.15) is 0 Å². The Kier molecular flexibility index (Phi) is 4.79. The van der Waals surface area contributed by atoms with Crippen molar-refractivity contribution >= 4 is 0 Å². The van der Waals surface area contributed by atoms with Gasteiger partial charge >= 0.3 is 0 Å². The maximum atomic E-state index is 8.87. The van der Waals surface area contributed by atoms with Crippen molar-refractivity contribution in [1.29, 1.82) is 0 Å². The molecule has 84 valence electrons. The SMILES string of the molecule is CC(CO)NCc1ccc(C(C)C)cc1. The molecule has 1 unspecified atom stereocenters. The number of aliphatic hydroxyl groups is 1. The zero-order valence-corrected chi connectivity index (χ0v) is 9.83. The molecule has 0 fully saturated rings. The Morgan fingerprint density at radius 2 is 1.73 bits per heavy atom. The first-order valence-electron chi connectivity index (χ1n) is 5.56. The first kappa shape index (κ1) is 12.2. The molecule has 0 bridgehead atoms. The Labute approximate surface area is 92.3 Å². The Bertz CT molecular complexity index is 279. The predicted octanol–water partition coefficient (Wildman–Crippen LogP) is 2.28. The van der Waals surface area contributed by atoms with Crippen molar-refractivity contribution in [1.82, 2.24) is 5.32 Å². The summed E-state index contributed by atoms with van der Waals surface area (Å²) in [4.78, 5) is 0. The second kappa shape index (κ2) is 5.89. The van der Waals surface area contributed by atoms with Crippen LogP contribution in [0, 0.1) is 0 Å². The lowest BCUT2D eigenvalue weighted by atomic mass is 10.0. The van der Waals surface area contributed by atoms with E-state index >= 15 is 0 Å². The highest BCUT2D eigenvalue weighted by Gasteiger charge is 2.01. The zero-order chi connectivity index (χ0) is 11.3. The lowest BCUT2D eigenvalue weighted by Crippen LogP contribution is -2.28.